The fourth-order valence-corrected chi connectivity index (χ4v) is 3.06. The predicted molar refractivity (Wildman–Crippen MR) is 72.9 cm³/mol. The van der Waals surface area contributed by atoms with Crippen molar-refractivity contribution in [2.45, 2.75) is 44.6 Å². The van der Waals surface area contributed by atoms with Crippen LogP contribution in [0, 0.1) is 5.82 Å². The van der Waals surface area contributed by atoms with Gasteiger partial charge in [0.1, 0.15) is 5.82 Å². The van der Waals surface area contributed by atoms with Crippen molar-refractivity contribution in [1.82, 2.24) is 5.32 Å². The van der Waals surface area contributed by atoms with Gasteiger partial charge in [0, 0.05) is 12.6 Å². The molecule has 0 bridgehead atoms. The maximum absolute atomic E-state index is 13.3. The lowest BCUT2D eigenvalue weighted by Gasteiger charge is -2.26. The minimum absolute atomic E-state index is 0.0729. The SMILES string of the molecule is O=C(NC1CCCCC1)N1CCc2ccc(F)cc21. The van der Waals surface area contributed by atoms with Gasteiger partial charge >= 0.3 is 6.03 Å². The van der Waals surface area contributed by atoms with Gasteiger partial charge in [-0.25, -0.2) is 9.18 Å². The Hall–Kier alpha value is -1.58. The Balaban J connectivity index is 1.70. The van der Waals surface area contributed by atoms with Crippen molar-refractivity contribution in [3.63, 3.8) is 0 Å². The minimum atomic E-state index is -0.281. The summed E-state index contributed by atoms with van der Waals surface area (Å²) in [5.74, 6) is -0.281. The van der Waals surface area contributed by atoms with Crippen LogP contribution in [-0.2, 0) is 6.42 Å². The van der Waals surface area contributed by atoms with Crippen molar-refractivity contribution in [3.05, 3.63) is 29.6 Å². The molecule has 1 aliphatic carbocycles. The zero-order chi connectivity index (χ0) is 13.2. The van der Waals surface area contributed by atoms with Crippen LogP contribution < -0.4 is 10.2 Å². The van der Waals surface area contributed by atoms with E-state index in [9.17, 15) is 9.18 Å². The molecule has 0 saturated heterocycles. The van der Waals surface area contributed by atoms with Crippen LogP contribution in [0.2, 0.25) is 0 Å². The van der Waals surface area contributed by atoms with Crippen LogP contribution in [0.25, 0.3) is 0 Å². The molecule has 1 aromatic rings. The van der Waals surface area contributed by atoms with Crippen molar-refractivity contribution in [2.75, 3.05) is 11.4 Å². The maximum atomic E-state index is 13.3. The fourth-order valence-electron chi connectivity index (χ4n) is 3.06. The van der Waals surface area contributed by atoms with Gasteiger partial charge in [-0.15, -0.1) is 0 Å². The number of benzene rings is 1. The number of carbonyl (C=O) groups is 1. The summed E-state index contributed by atoms with van der Waals surface area (Å²) < 4.78 is 13.3. The van der Waals surface area contributed by atoms with Crippen molar-refractivity contribution >= 4 is 11.7 Å². The van der Waals surface area contributed by atoms with Gasteiger partial charge in [0.25, 0.3) is 0 Å². The van der Waals surface area contributed by atoms with Crippen LogP contribution in [-0.4, -0.2) is 18.6 Å². The third kappa shape index (κ3) is 2.57. The van der Waals surface area contributed by atoms with Crippen LogP contribution in [0.3, 0.4) is 0 Å². The van der Waals surface area contributed by atoms with E-state index in [4.69, 9.17) is 0 Å². The summed E-state index contributed by atoms with van der Waals surface area (Å²) in [6, 6.07) is 4.91. The highest BCUT2D eigenvalue weighted by Gasteiger charge is 2.26. The second-order valence-electron chi connectivity index (χ2n) is 5.46. The Labute approximate surface area is 112 Å². The van der Waals surface area contributed by atoms with E-state index in [0.717, 1.165) is 30.5 Å². The normalized spacial score (nSPS) is 19.3. The summed E-state index contributed by atoms with van der Waals surface area (Å²) >= 11 is 0. The molecule has 4 heteroatoms. The molecule has 3 nitrogen and oxygen atoms in total. The molecular formula is C15H19FN2O. The first-order valence-electron chi connectivity index (χ1n) is 7.10. The molecule has 1 aliphatic heterocycles. The summed E-state index contributed by atoms with van der Waals surface area (Å²) in [5.41, 5.74) is 1.79. The van der Waals surface area contributed by atoms with Crippen molar-refractivity contribution in [3.8, 4) is 0 Å². The number of halogens is 1. The first-order valence-corrected chi connectivity index (χ1v) is 7.10. The number of rotatable bonds is 1. The summed E-state index contributed by atoms with van der Waals surface area (Å²) in [6.45, 7) is 0.650. The molecule has 1 heterocycles. The van der Waals surface area contributed by atoms with Crippen LogP contribution >= 0.6 is 0 Å². The van der Waals surface area contributed by atoms with E-state index >= 15 is 0 Å². The number of amides is 2. The molecule has 1 N–H and O–H groups in total. The van der Waals surface area contributed by atoms with E-state index < -0.39 is 0 Å². The summed E-state index contributed by atoms with van der Waals surface area (Å²) in [5, 5.41) is 3.09. The van der Waals surface area contributed by atoms with Crippen molar-refractivity contribution < 1.29 is 9.18 Å². The second kappa shape index (κ2) is 5.19. The molecule has 0 atom stereocenters. The standard InChI is InChI=1S/C15H19FN2O/c16-12-7-6-11-8-9-18(14(11)10-12)15(19)17-13-4-2-1-3-5-13/h6-7,10,13H,1-5,8-9H2,(H,17,19). The molecule has 1 aromatic carbocycles. The van der Waals surface area contributed by atoms with Gasteiger partial charge in [0.05, 0.1) is 5.69 Å². The minimum Gasteiger partial charge on any atom is -0.335 e. The van der Waals surface area contributed by atoms with E-state index in [-0.39, 0.29) is 11.8 Å². The molecule has 1 fully saturated rings. The van der Waals surface area contributed by atoms with Crippen LogP contribution in [0.4, 0.5) is 14.9 Å². The predicted octanol–water partition coefficient (Wildman–Crippen LogP) is 3.23. The van der Waals surface area contributed by atoms with Crippen LogP contribution in [0.15, 0.2) is 18.2 Å². The Morgan fingerprint density at radius 1 is 1.26 bits per heavy atom. The number of nitrogens with one attached hydrogen (secondary N) is 1. The van der Waals surface area contributed by atoms with Gasteiger partial charge in [-0.3, -0.25) is 4.90 Å². The van der Waals surface area contributed by atoms with Crippen molar-refractivity contribution in [2.24, 2.45) is 0 Å². The highest BCUT2D eigenvalue weighted by molar-refractivity contribution is 5.94. The number of urea groups is 1. The summed E-state index contributed by atoms with van der Waals surface area (Å²) in [7, 11) is 0. The van der Waals surface area contributed by atoms with E-state index in [2.05, 4.69) is 5.32 Å². The lowest BCUT2D eigenvalue weighted by Crippen LogP contribution is -2.45. The third-order valence-corrected chi connectivity index (χ3v) is 4.12. The second-order valence-corrected chi connectivity index (χ2v) is 5.46. The Kier molecular flexibility index (Phi) is 3.40. The lowest BCUT2D eigenvalue weighted by molar-refractivity contribution is 0.238. The summed E-state index contributed by atoms with van der Waals surface area (Å²) in [4.78, 5) is 14.0. The molecule has 0 aromatic heterocycles. The monoisotopic (exact) mass is 262 g/mol. The molecule has 0 radical (unpaired) electrons. The first-order chi connectivity index (χ1) is 9.24. The van der Waals surface area contributed by atoms with E-state index in [1.165, 1.54) is 31.4 Å². The summed E-state index contributed by atoms with van der Waals surface area (Å²) in [6.07, 6.45) is 6.59. The van der Waals surface area contributed by atoms with E-state index in [1.807, 2.05) is 0 Å². The molecule has 3 rings (SSSR count). The van der Waals surface area contributed by atoms with Gasteiger partial charge < -0.3 is 5.32 Å². The maximum Gasteiger partial charge on any atom is 0.322 e. The van der Waals surface area contributed by atoms with Gasteiger partial charge in [0.15, 0.2) is 0 Å². The van der Waals surface area contributed by atoms with Gasteiger partial charge in [-0.05, 0) is 37.0 Å². The Morgan fingerprint density at radius 3 is 2.84 bits per heavy atom. The highest BCUT2D eigenvalue weighted by Crippen LogP contribution is 2.29. The van der Waals surface area contributed by atoms with Gasteiger partial charge in [0.2, 0.25) is 0 Å². The van der Waals surface area contributed by atoms with Crippen molar-refractivity contribution in [1.29, 1.82) is 0 Å². The number of nitrogens with zero attached hydrogens (tertiary/aromatic N) is 1. The molecule has 19 heavy (non-hydrogen) atoms. The molecule has 102 valence electrons. The fraction of sp³-hybridized carbons (Fsp3) is 0.533. The number of hydrogen-bond acceptors (Lipinski definition) is 1. The van der Waals surface area contributed by atoms with E-state index in [0.29, 0.717) is 12.6 Å². The topological polar surface area (TPSA) is 32.3 Å². The number of carbonyl (C=O) groups excluding carboxylic acids is 1. The number of hydrogen-bond donors (Lipinski definition) is 1. The first kappa shape index (κ1) is 12.5. The molecule has 2 aliphatic rings. The molecule has 0 unspecified atom stereocenters. The van der Waals surface area contributed by atoms with Crippen LogP contribution in [0.1, 0.15) is 37.7 Å². The third-order valence-electron chi connectivity index (χ3n) is 4.12. The zero-order valence-corrected chi connectivity index (χ0v) is 11.0. The highest BCUT2D eigenvalue weighted by atomic mass is 19.1. The molecular weight excluding hydrogens is 243 g/mol. The smallest absolute Gasteiger partial charge is 0.322 e. The average molecular weight is 262 g/mol. The van der Waals surface area contributed by atoms with Gasteiger partial charge in [-0.1, -0.05) is 25.3 Å². The zero-order valence-electron chi connectivity index (χ0n) is 11.0. The number of anilines is 1. The molecule has 0 spiro atoms. The quantitative estimate of drug-likeness (QED) is 0.828. The number of fused-ring (bicyclic) bond motifs is 1. The largest absolute Gasteiger partial charge is 0.335 e. The van der Waals surface area contributed by atoms with E-state index in [1.54, 1.807) is 11.0 Å². The van der Waals surface area contributed by atoms with Crippen LogP contribution in [0.5, 0.6) is 0 Å². The Morgan fingerprint density at radius 2 is 2.05 bits per heavy atom. The van der Waals surface area contributed by atoms with Gasteiger partial charge in [-0.2, -0.15) is 0 Å². The molecule has 1 saturated carbocycles. The Bertz CT molecular complexity index is 483. The average Bonchev–Trinajstić information content (AvgIpc) is 2.82. The molecule has 2 amide bonds. The lowest BCUT2D eigenvalue weighted by atomic mass is 9.96.